The van der Waals surface area contributed by atoms with Crippen molar-refractivity contribution in [3.05, 3.63) is 46.2 Å². The van der Waals surface area contributed by atoms with Gasteiger partial charge < -0.3 is 14.7 Å². The molecule has 0 bridgehead atoms. The van der Waals surface area contributed by atoms with Crippen molar-refractivity contribution in [2.24, 2.45) is 11.3 Å². The number of hydrogen-bond acceptors (Lipinski definition) is 6. The summed E-state index contributed by atoms with van der Waals surface area (Å²) in [5, 5.41) is 12.3. The van der Waals surface area contributed by atoms with Crippen molar-refractivity contribution in [2.75, 3.05) is 46.4 Å². The van der Waals surface area contributed by atoms with E-state index in [-0.39, 0.29) is 11.3 Å². The number of carbonyl (C=O) groups excluding carboxylic acids is 1. The number of aromatic hydroxyl groups is 1. The monoisotopic (exact) mass is 455 g/mol. The zero-order valence-electron chi connectivity index (χ0n) is 18.8. The molecule has 0 radical (unpaired) electrons. The summed E-state index contributed by atoms with van der Waals surface area (Å²) < 4.78 is 5.30. The molecule has 1 spiro atoms. The van der Waals surface area contributed by atoms with E-state index in [0.29, 0.717) is 11.7 Å². The van der Waals surface area contributed by atoms with E-state index in [1.165, 1.54) is 4.88 Å². The quantitative estimate of drug-likeness (QED) is 0.724. The Morgan fingerprint density at radius 2 is 1.84 bits per heavy atom. The van der Waals surface area contributed by atoms with Crippen molar-refractivity contribution in [1.82, 2.24) is 14.7 Å². The number of thiophene rings is 1. The fourth-order valence-corrected chi connectivity index (χ4v) is 6.18. The van der Waals surface area contributed by atoms with Crippen molar-refractivity contribution in [1.29, 1.82) is 0 Å². The normalized spacial score (nSPS) is 23.4. The summed E-state index contributed by atoms with van der Waals surface area (Å²) in [6.45, 7) is 7.36. The number of piperidine rings is 1. The van der Waals surface area contributed by atoms with Crippen LogP contribution < -0.4 is 4.74 Å². The Morgan fingerprint density at radius 3 is 2.53 bits per heavy atom. The lowest BCUT2D eigenvalue weighted by atomic mass is 9.90. The zero-order valence-corrected chi connectivity index (χ0v) is 19.6. The fraction of sp³-hybridized carbons (Fsp3) is 0.560. The maximum absolute atomic E-state index is 13.2. The Hall–Kier alpha value is -2.09. The van der Waals surface area contributed by atoms with Crippen LogP contribution in [0.15, 0.2) is 35.7 Å². The lowest BCUT2D eigenvalue weighted by Crippen LogP contribution is -2.49. The molecule has 32 heavy (non-hydrogen) atoms. The van der Waals surface area contributed by atoms with Gasteiger partial charge in [0.05, 0.1) is 7.11 Å². The molecule has 3 fully saturated rings. The van der Waals surface area contributed by atoms with Crippen LogP contribution in [-0.2, 0) is 17.9 Å². The smallest absolute Gasteiger partial charge is 0.226 e. The van der Waals surface area contributed by atoms with E-state index in [4.69, 9.17) is 4.74 Å². The van der Waals surface area contributed by atoms with Crippen molar-refractivity contribution in [2.45, 2.75) is 32.4 Å². The molecule has 1 N–H and O–H groups in total. The fourth-order valence-electron chi connectivity index (χ4n) is 5.43. The Labute approximate surface area is 194 Å². The van der Waals surface area contributed by atoms with Crippen molar-refractivity contribution in [3.63, 3.8) is 0 Å². The van der Waals surface area contributed by atoms with E-state index in [2.05, 4.69) is 32.2 Å². The maximum Gasteiger partial charge on any atom is 0.226 e. The molecule has 1 aromatic carbocycles. The number of amides is 1. The summed E-state index contributed by atoms with van der Waals surface area (Å²) in [6, 6.07) is 9.71. The van der Waals surface area contributed by atoms with Crippen LogP contribution in [0.25, 0.3) is 0 Å². The highest BCUT2D eigenvalue weighted by molar-refractivity contribution is 7.09. The van der Waals surface area contributed by atoms with E-state index in [9.17, 15) is 9.90 Å². The second kappa shape index (κ2) is 9.04. The Balaban J connectivity index is 1.09. The minimum atomic E-state index is 0.220. The molecule has 1 saturated carbocycles. The van der Waals surface area contributed by atoms with Crippen molar-refractivity contribution in [3.8, 4) is 11.5 Å². The molecule has 2 aromatic rings. The first-order valence-corrected chi connectivity index (χ1v) is 12.6. The largest absolute Gasteiger partial charge is 0.508 e. The number of ether oxygens (including phenoxy) is 1. The number of phenols is 1. The van der Waals surface area contributed by atoms with Crippen LogP contribution in [-0.4, -0.2) is 72.1 Å². The minimum Gasteiger partial charge on any atom is -0.508 e. The third kappa shape index (κ3) is 4.51. The van der Waals surface area contributed by atoms with Gasteiger partial charge in [-0.2, -0.15) is 0 Å². The van der Waals surface area contributed by atoms with E-state index < -0.39 is 0 Å². The predicted molar refractivity (Wildman–Crippen MR) is 126 cm³/mol. The van der Waals surface area contributed by atoms with Crippen LogP contribution >= 0.6 is 11.3 Å². The molecule has 1 aliphatic carbocycles. The number of nitrogens with zero attached hydrogens (tertiary/aromatic N) is 3. The van der Waals surface area contributed by atoms with Crippen LogP contribution in [0.1, 0.15) is 29.7 Å². The van der Waals surface area contributed by atoms with Gasteiger partial charge >= 0.3 is 0 Å². The first-order valence-electron chi connectivity index (χ1n) is 11.7. The average molecular weight is 456 g/mol. The van der Waals surface area contributed by atoms with Gasteiger partial charge in [-0.15, -0.1) is 11.3 Å². The van der Waals surface area contributed by atoms with E-state index >= 15 is 0 Å². The van der Waals surface area contributed by atoms with E-state index in [1.54, 1.807) is 19.2 Å². The Morgan fingerprint density at radius 1 is 1.09 bits per heavy atom. The molecule has 2 aliphatic heterocycles. The number of benzene rings is 1. The number of methoxy groups -OCH3 is 1. The maximum atomic E-state index is 13.2. The van der Waals surface area contributed by atoms with Crippen molar-refractivity contribution < 1.29 is 14.6 Å². The molecule has 7 heteroatoms. The van der Waals surface area contributed by atoms with Gasteiger partial charge in [-0.05, 0) is 67.4 Å². The molecule has 2 saturated heterocycles. The van der Waals surface area contributed by atoms with Crippen LogP contribution in [0.3, 0.4) is 0 Å². The van der Waals surface area contributed by atoms with Crippen LogP contribution in [0.4, 0.5) is 0 Å². The van der Waals surface area contributed by atoms with Gasteiger partial charge in [0.2, 0.25) is 5.91 Å². The van der Waals surface area contributed by atoms with Gasteiger partial charge in [-0.3, -0.25) is 14.6 Å². The molecular weight excluding hydrogens is 422 g/mol. The van der Waals surface area contributed by atoms with Gasteiger partial charge in [0.15, 0.2) is 0 Å². The number of piperazine rings is 1. The third-order valence-electron chi connectivity index (χ3n) is 7.66. The summed E-state index contributed by atoms with van der Waals surface area (Å²) >= 11 is 1.81. The number of carbonyl (C=O) groups is 1. The summed E-state index contributed by atoms with van der Waals surface area (Å²) in [5.41, 5.74) is 1.13. The van der Waals surface area contributed by atoms with Gasteiger partial charge in [0.1, 0.15) is 11.5 Å². The van der Waals surface area contributed by atoms with Crippen LogP contribution in [0.5, 0.6) is 11.5 Å². The second-order valence-electron chi connectivity index (χ2n) is 9.57. The number of hydrogen-bond donors (Lipinski definition) is 1. The summed E-state index contributed by atoms with van der Waals surface area (Å²) in [7, 11) is 1.65. The molecule has 3 heterocycles. The second-order valence-corrected chi connectivity index (χ2v) is 10.6. The van der Waals surface area contributed by atoms with E-state index in [1.807, 2.05) is 17.4 Å². The van der Waals surface area contributed by atoms with Gasteiger partial charge in [0.25, 0.3) is 0 Å². The Bertz CT molecular complexity index is 932. The predicted octanol–water partition coefficient (Wildman–Crippen LogP) is 3.41. The number of rotatable bonds is 6. The highest BCUT2D eigenvalue weighted by Crippen LogP contribution is 2.60. The molecular formula is C25H33N3O3S. The van der Waals surface area contributed by atoms with E-state index in [0.717, 1.165) is 82.9 Å². The molecule has 3 aliphatic rings. The third-order valence-corrected chi connectivity index (χ3v) is 8.52. The first-order chi connectivity index (χ1) is 15.6. The zero-order chi connectivity index (χ0) is 22.1. The average Bonchev–Trinajstić information content (AvgIpc) is 3.26. The minimum absolute atomic E-state index is 0.220. The van der Waals surface area contributed by atoms with Gasteiger partial charge in [0, 0.05) is 55.6 Å². The Kier molecular flexibility index (Phi) is 6.14. The highest BCUT2D eigenvalue weighted by Gasteiger charge is 2.59. The number of phenolic OH excluding ortho intramolecular Hbond substituents is 1. The number of likely N-dealkylation sites (tertiary alicyclic amines) is 1. The molecule has 1 atom stereocenters. The molecule has 172 valence electrons. The molecule has 1 amide bonds. The standard InChI is InChI=1S/C25H33N3O3S/c1-31-20-4-5-23(29)19(15-20)17-26-8-6-25(7-9-26)16-22(25)24(30)28-12-10-27(11-13-28)18-21-3-2-14-32-21/h2-5,14-15,22,29H,6-13,16-18H2,1H3/t22-/m0/s1. The van der Waals surface area contributed by atoms with Crippen molar-refractivity contribution >= 4 is 17.2 Å². The highest BCUT2D eigenvalue weighted by atomic mass is 32.1. The van der Waals surface area contributed by atoms with Crippen LogP contribution in [0, 0.1) is 11.3 Å². The molecule has 6 nitrogen and oxygen atoms in total. The van der Waals surface area contributed by atoms with Crippen LogP contribution in [0.2, 0.25) is 0 Å². The van der Waals surface area contributed by atoms with Gasteiger partial charge in [-0.1, -0.05) is 6.07 Å². The van der Waals surface area contributed by atoms with Gasteiger partial charge in [-0.25, -0.2) is 0 Å². The molecule has 5 rings (SSSR count). The topological polar surface area (TPSA) is 56.3 Å². The summed E-state index contributed by atoms with van der Waals surface area (Å²) in [4.78, 5) is 21.6. The molecule has 0 unspecified atom stereocenters. The lowest BCUT2D eigenvalue weighted by Gasteiger charge is -2.36. The molecule has 1 aromatic heterocycles. The summed E-state index contributed by atoms with van der Waals surface area (Å²) in [5.74, 6) is 1.71. The first kappa shape index (κ1) is 21.7. The lowest BCUT2D eigenvalue weighted by molar-refractivity contribution is -0.135. The summed E-state index contributed by atoms with van der Waals surface area (Å²) in [6.07, 6.45) is 3.21. The SMILES string of the molecule is COc1ccc(O)c(CN2CCC3(CC2)C[C@H]3C(=O)N2CCN(Cc3cccs3)CC2)c1.